The Morgan fingerprint density at radius 2 is 1.72 bits per heavy atom. The zero-order chi connectivity index (χ0) is 22.2. The highest BCUT2D eigenvalue weighted by atomic mass is 35.5. The number of carbonyl (C=O) groups excluding carboxylic acids is 2. The molecule has 2 saturated carbocycles. The minimum Gasteiger partial charge on any atom is -0.349 e. The molecule has 0 spiro atoms. The molecule has 3 unspecified atom stereocenters. The largest absolute Gasteiger partial charge is 0.349 e. The van der Waals surface area contributed by atoms with Crippen LogP contribution in [0.2, 0.25) is 5.02 Å². The van der Waals surface area contributed by atoms with Gasteiger partial charge in [-0.3, -0.25) is 9.59 Å². The molecule has 164 valence electrons. The van der Waals surface area contributed by atoms with Gasteiger partial charge in [0.1, 0.15) is 5.69 Å². The van der Waals surface area contributed by atoms with E-state index in [-0.39, 0.29) is 23.9 Å². The molecule has 32 heavy (non-hydrogen) atoms. The van der Waals surface area contributed by atoms with E-state index in [1.54, 1.807) is 30.3 Å². The van der Waals surface area contributed by atoms with Crippen LogP contribution in [0.1, 0.15) is 47.0 Å². The van der Waals surface area contributed by atoms with E-state index in [0.717, 1.165) is 30.2 Å². The molecule has 2 amide bonds. The van der Waals surface area contributed by atoms with Gasteiger partial charge < -0.3 is 10.6 Å². The highest BCUT2D eigenvalue weighted by molar-refractivity contribution is 6.30. The Bertz CT molecular complexity index is 1150. The van der Waals surface area contributed by atoms with Crippen molar-refractivity contribution in [2.45, 2.75) is 38.3 Å². The lowest BCUT2D eigenvalue weighted by atomic mass is 9.99. The van der Waals surface area contributed by atoms with Gasteiger partial charge in [-0.15, -0.1) is 0 Å². The Hall–Kier alpha value is -2.92. The van der Waals surface area contributed by atoms with Crippen molar-refractivity contribution in [1.82, 2.24) is 15.6 Å². The molecule has 5 rings (SSSR count). The van der Waals surface area contributed by atoms with Crippen LogP contribution < -0.4 is 10.6 Å². The molecule has 6 heteroatoms. The van der Waals surface area contributed by atoms with Crippen molar-refractivity contribution in [2.75, 3.05) is 0 Å². The number of hydrogen-bond donors (Lipinski definition) is 2. The predicted octanol–water partition coefficient (Wildman–Crippen LogP) is 4.85. The molecule has 1 heterocycles. The van der Waals surface area contributed by atoms with Gasteiger partial charge in [-0.1, -0.05) is 42.8 Å². The van der Waals surface area contributed by atoms with Gasteiger partial charge in [0.25, 0.3) is 11.8 Å². The van der Waals surface area contributed by atoms with Crippen molar-refractivity contribution < 1.29 is 9.59 Å². The number of rotatable bonds is 6. The molecule has 2 N–H and O–H groups in total. The molecule has 0 radical (unpaired) electrons. The molecule has 3 aromatic rings. The van der Waals surface area contributed by atoms with Crippen LogP contribution in [0.15, 0.2) is 60.7 Å². The van der Waals surface area contributed by atoms with E-state index in [9.17, 15) is 9.59 Å². The minimum absolute atomic E-state index is 0.0503. The summed E-state index contributed by atoms with van der Waals surface area (Å²) in [5.74, 6) is 1.44. The molecule has 1 aromatic heterocycles. The fourth-order valence-electron chi connectivity index (χ4n) is 5.38. The van der Waals surface area contributed by atoms with Crippen LogP contribution in [0.4, 0.5) is 0 Å². The molecule has 2 aliphatic rings. The molecule has 5 nitrogen and oxygen atoms in total. The van der Waals surface area contributed by atoms with E-state index in [1.807, 2.05) is 30.3 Å². The molecular formula is C26H26ClN3O2. The van der Waals surface area contributed by atoms with E-state index in [1.165, 1.54) is 0 Å². The smallest absolute Gasteiger partial charge is 0.270 e. The summed E-state index contributed by atoms with van der Waals surface area (Å²) < 4.78 is 0. The Labute approximate surface area is 192 Å². The van der Waals surface area contributed by atoms with Gasteiger partial charge in [0.15, 0.2) is 0 Å². The van der Waals surface area contributed by atoms with Crippen LogP contribution in [0.5, 0.6) is 0 Å². The average molecular weight is 448 g/mol. The van der Waals surface area contributed by atoms with Gasteiger partial charge in [0.2, 0.25) is 0 Å². The number of carbonyl (C=O) groups is 2. The van der Waals surface area contributed by atoms with Gasteiger partial charge in [-0.05, 0) is 73.4 Å². The number of aromatic nitrogens is 1. The summed E-state index contributed by atoms with van der Waals surface area (Å²) in [6, 6.07) is 18.8. The lowest BCUT2D eigenvalue weighted by Gasteiger charge is -2.22. The lowest BCUT2D eigenvalue weighted by molar-refractivity contribution is 0.0926. The van der Waals surface area contributed by atoms with E-state index in [2.05, 4.69) is 22.5 Å². The Kier molecular flexibility index (Phi) is 5.60. The van der Waals surface area contributed by atoms with Crippen molar-refractivity contribution in [3.8, 4) is 0 Å². The maximum Gasteiger partial charge on any atom is 0.270 e. The van der Waals surface area contributed by atoms with Gasteiger partial charge in [0, 0.05) is 28.1 Å². The molecule has 0 saturated heterocycles. The van der Waals surface area contributed by atoms with Crippen molar-refractivity contribution in [1.29, 1.82) is 0 Å². The monoisotopic (exact) mass is 447 g/mol. The van der Waals surface area contributed by atoms with Crippen molar-refractivity contribution in [3.05, 3.63) is 76.9 Å². The van der Waals surface area contributed by atoms with Crippen molar-refractivity contribution in [2.24, 2.45) is 17.8 Å². The Balaban J connectivity index is 1.16. The lowest BCUT2D eigenvalue weighted by Crippen LogP contribution is -2.39. The third-order valence-corrected chi connectivity index (χ3v) is 7.26. The number of pyridine rings is 1. The Morgan fingerprint density at radius 3 is 2.44 bits per heavy atom. The maximum absolute atomic E-state index is 12.7. The van der Waals surface area contributed by atoms with Gasteiger partial charge in [-0.25, -0.2) is 4.98 Å². The summed E-state index contributed by atoms with van der Waals surface area (Å²) in [5.41, 5.74) is 1.92. The first kappa shape index (κ1) is 21.0. The molecule has 2 aromatic carbocycles. The first-order chi connectivity index (χ1) is 15.5. The average Bonchev–Trinajstić information content (AvgIpc) is 3.30. The molecule has 0 bridgehead atoms. The number of para-hydroxylation sites is 1. The number of nitrogens with zero attached hydrogens (tertiary/aromatic N) is 1. The van der Waals surface area contributed by atoms with E-state index < -0.39 is 0 Å². The van der Waals surface area contributed by atoms with Crippen LogP contribution in [0.25, 0.3) is 10.9 Å². The van der Waals surface area contributed by atoms with E-state index in [4.69, 9.17) is 11.6 Å². The zero-order valence-electron chi connectivity index (χ0n) is 17.9. The summed E-state index contributed by atoms with van der Waals surface area (Å²) in [6.45, 7) is 2.12. The second kappa shape index (κ2) is 8.55. The highest BCUT2D eigenvalue weighted by Gasteiger charge is 2.58. The fraction of sp³-hybridized carbons (Fsp3) is 0.346. The molecular weight excluding hydrogens is 422 g/mol. The summed E-state index contributed by atoms with van der Waals surface area (Å²) in [7, 11) is 0. The second-order valence-corrected chi connectivity index (χ2v) is 9.37. The second-order valence-electron chi connectivity index (χ2n) is 8.93. The topological polar surface area (TPSA) is 71.1 Å². The van der Waals surface area contributed by atoms with Crippen molar-refractivity contribution in [3.63, 3.8) is 0 Å². The van der Waals surface area contributed by atoms with Gasteiger partial charge in [-0.2, -0.15) is 0 Å². The Morgan fingerprint density at radius 1 is 1.00 bits per heavy atom. The number of nitrogens with one attached hydrogen (secondary N) is 2. The van der Waals surface area contributed by atoms with E-state index >= 15 is 0 Å². The summed E-state index contributed by atoms with van der Waals surface area (Å²) in [4.78, 5) is 29.8. The third-order valence-electron chi connectivity index (χ3n) is 7.00. The standard InChI is InChI=1S/C26H26ClN3O2/c1-2-21(30-25(31)16-7-10-17(27)11-8-16)24-19-13-18(14-20(19)24)28-26(32)23-12-9-15-5-3-4-6-22(15)29-23/h3-12,18-21,24H,2,13-14H2,1H3,(H,28,32)(H,30,31). The summed E-state index contributed by atoms with van der Waals surface area (Å²) in [5, 5.41) is 8.03. The normalized spacial score (nSPS) is 24.6. The number of halogens is 1. The van der Waals surface area contributed by atoms with E-state index in [0.29, 0.717) is 34.0 Å². The number of benzene rings is 2. The number of amides is 2. The fourth-order valence-corrected chi connectivity index (χ4v) is 5.51. The maximum atomic E-state index is 12.7. The molecule has 2 aliphatic carbocycles. The minimum atomic E-state index is -0.110. The van der Waals surface area contributed by atoms with Crippen LogP contribution in [0, 0.1) is 17.8 Å². The van der Waals surface area contributed by atoms with Crippen LogP contribution >= 0.6 is 11.6 Å². The number of hydrogen-bond acceptors (Lipinski definition) is 3. The third kappa shape index (κ3) is 4.09. The van der Waals surface area contributed by atoms with Gasteiger partial charge >= 0.3 is 0 Å². The first-order valence-corrected chi connectivity index (χ1v) is 11.6. The zero-order valence-corrected chi connectivity index (χ0v) is 18.7. The van der Waals surface area contributed by atoms with Crippen LogP contribution in [-0.2, 0) is 0 Å². The molecule has 2 fully saturated rings. The predicted molar refractivity (Wildman–Crippen MR) is 126 cm³/mol. The SMILES string of the molecule is CCC(NC(=O)c1ccc(Cl)cc1)C1C2CC(NC(=O)c3ccc4ccccc4n3)CC21. The summed E-state index contributed by atoms with van der Waals surface area (Å²) in [6.07, 6.45) is 2.82. The van der Waals surface area contributed by atoms with Gasteiger partial charge in [0.05, 0.1) is 5.52 Å². The number of fused-ring (bicyclic) bond motifs is 2. The molecule has 0 aliphatic heterocycles. The quantitative estimate of drug-likeness (QED) is 0.567. The highest BCUT2D eigenvalue weighted by Crippen LogP contribution is 2.59. The molecule has 3 atom stereocenters. The van der Waals surface area contributed by atoms with Crippen LogP contribution in [-0.4, -0.2) is 28.9 Å². The van der Waals surface area contributed by atoms with Crippen molar-refractivity contribution >= 4 is 34.3 Å². The van der Waals surface area contributed by atoms with Crippen LogP contribution in [0.3, 0.4) is 0 Å². The summed E-state index contributed by atoms with van der Waals surface area (Å²) >= 11 is 5.92. The first-order valence-electron chi connectivity index (χ1n) is 11.3.